The highest BCUT2D eigenvalue weighted by Crippen LogP contribution is 2.33. The molecular weight excluding hydrogens is 452 g/mol. The van der Waals surface area contributed by atoms with Gasteiger partial charge in [-0.1, -0.05) is 6.07 Å². The quantitative estimate of drug-likeness (QED) is 0.471. The van der Waals surface area contributed by atoms with Crippen LogP contribution in [-0.4, -0.2) is 49.9 Å². The van der Waals surface area contributed by atoms with Crippen LogP contribution in [0.3, 0.4) is 0 Å². The van der Waals surface area contributed by atoms with Gasteiger partial charge in [0.15, 0.2) is 0 Å². The number of carbonyl (C=O) groups is 1. The van der Waals surface area contributed by atoms with Crippen LogP contribution in [0.1, 0.15) is 25.0 Å². The minimum atomic E-state index is -0.389. The van der Waals surface area contributed by atoms with Gasteiger partial charge in [-0.05, 0) is 49.4 Å². The van der Waals surface area contributed by atoms with Gasteiger partial charge in [0.05, 0.1) is 31.1 Å². The fourth-order valence-electron chi connectivity index (χ4n) is 4.09. The summed E-state index contributed by atoms with van der Waals surface area (Å²) in [4.78, 5) is 23.2. The summed E-state index contributed by atoms with van der Waals surface area (Å²) in [7, 11) is 3.30. The second-order valence-corrected chi connectivity index (χ2v) is 8.87. The molecule has 9 heteroatoms. The number of alkyl carbamates (subject to hydrolysis) is 1. The summed E-state index contributed by atoms with van der Waals surface area (Å²) >= 11 is 1.49. The van der Waals surface area contributed by atoms with E-state index in [4.69, 9.17) is 19.2 Å². The number of carbonyl (C=O) groups excluding carboxylic acids is 1. The molecule has 0 spiro atoms. The van der Waals surface area contributed by atoms with Crippen LogP contribution in [0, 0.1) is 5.92 Å². The van der Waals surface area contributed by atoms with Gasteiger partial charge in [0, 0.05) is 36.6 Å². The highest BCUT2D eigenvalue weighted by atomic mass is 32.1. The topological polar surface area (TPSA) is 85.8 Å². The number of rotatable bonds is 9. The van der Waals surface area contributed by atoms with Crippen LogP contribution in [0.25, 0.3) is 11.3 Å². The molecule has 0 radical (unpaired) electrons. The van der Waals surface area contributed by atoms with Gasteiger partial charge in [-0.25, -0.2) is 14.8 Å². The van der Waals surface area contributed by atoms with Gasteiger partial charge >= 0.3 is 6.09 Å². The molecule has 0 saturated carbocycles. The van der Waals surface area contributed by atoms with Crippen LogP contribution in [0.4, 0.5) is 10.6 Å². The molecule has 8 nitrogen and oxygen atoms in total. The number of benzene rings is 1. The lowest BCUT2D eigenvalue weighted by Crippen LogP contribution is -2.35. The third-order valence-electron chi connectivity index (χ3n) is 6.01. The predicted molar refractivity (Wildman–Crippen MR) is 133 cm³/mol. The molecule has 1 aromatic carbocycles. The zero-order chi connectivity index (χ0) is 23.8. The molecule has 1 amide bonds. The average molecular weight is 483 g/mol. The highest BCUT2D eigenvalue weighted by molar-refractivity contribution is 7.07. The van der Waals surface area contributed by atoms with Gasteiger partial charge in [-0.2, -0.15) is 0 Å². The van der Waals surface area contributed by atoms with Crippen molar-refractivity contribution in [2.45, 2.75) is 25.9 Å². The Bertz CT molecular complexity index is 1070. The smallest absolute Gasteiger partial charge is 0.407 e. The van der Waals surface area contributed by atoms with Crippen LogP contribution >= 0.6 is 11.3 Å². The molecule has 0 atom stereocenters. The van der Waals surface area contributed by atoms with Crippen molar-refractivity contribution in [2.75, 3.05) is 38.8 Å². The summed E-state index contributed by atoms with van der Waals surface area (Å²) in [6, 6.07) is 11.9. The summed E-state index contributed by atoms with van der Waals surface area (Å²) < 4.78 is 16.0. The van der Waals surface area contributed by atoms with Gasteiger partial charge in [0.2, 0.25) is 0 Å². The highest BCUT2D eigenvalue weighted by Gasteiger charge is 2.21. The first kappa shape index (κ1) is 23.8. The van der Waals surface area contributed by atoms with Gasteiger partial charge in [-0.15, -0.1) is 11.3 Å². The predicted octanol–water partition coefficient (Wildman–Crippen LogP) is 4.76. The number of pyridine rings is 1. The third kappa shape index (κ3) is 6.17. The molecule has 1 saturated heterocycles. The van der Waals surface area contributed by atoms with Crippen molar-refractivity contribution in [1.29, 1.82) is 0 Å². The molecule has 1 fully saturated rings. The lowest BCUT2D eigenvalue weighted by molar-refractivity contribution is 0.137. The maximum atomic E-state index is 11.9. The summed E-state index contributed by atoms with van der Waals surface area (Å²) in [6.45, 7) is 2.71. The van der Waals surface area contributed by atoms with Crippen molar-refractivity contribution in [1.82, 2.24) is 15.3 Å². The third-order valence-corrected chi connectivity index (χ3v) is 6.65. The molecule has 0 unspecified atom stereocenters. The standard InChI is InChI=1S/C25H30N4O4S/c1-31-20-6-7-21(23(14-20)32-2)22-4-3-5-24(28-22)29-12-9-18(10-13-29)8-11-26-25(30)33-15-19-16-34-17-27-19/h3-7,14,16-18H,8-13,15H2,1-2H3,(H,26,30). The summed E-state index contributed by atoms with van der Waals surface area (Å²) in [5, 5.41) is 4.72. The number of thiazole rings is 1. The fourth-order valence-corrected chi connectivity index (χ4v) is 4.63. The molecular formula is C25H30N4O4S. The zero-order valence-electron chi connectivity index (χ0n) is 19.5. The lowest BCUT2D eigenvalue weighted by atomic mass is 9.93. The molecule has 0 aliphatic carbocycles. The molecule has 1 aliphatic rings. The first-order valence-corrected chi connectivity index (χ1v) is 12.3. The Hall–Kier alpha value is -3.33. The van der Waals surface area contributed by atoms with E-state index in [1.54, 1.807) is 19.7 Å². The number of ether oxygens (including phenoxy) is 3. The van der Waals surface area contributed by atoms with E-state index in [0.29, 0.717) is 12.5 Å². The molecule has 1 N–H and O–H groups in total. The summed E-state index contributed by atoms with van der Waals surface area (Å²) in [6.07, 6.45) is 2.68. The largest absolute Gasteiger partial charge is 0.497 e. The first-order chi connectivity index (χ1) is 16.7. The Morgan fingerprint density at radius 1 is 1.18 bits per heavy atom. The number of amides is 1. The van der Waals surface area contributed by atoms with E-state index >= 15 is 0 Å². The van der Waals surface area contributed by atoms with Crippen LogP contribution < -0.4 is 19.7 Å². The van der Waals surface area contributed by atoms with Gasteiger partial charge < -0.3 is 24.4 Å². The molecule has 0 bridgehead atoms. The van der Waals surface area contributed by atoms with E-state index in [0.717, 1.165) is 66.6 Å². The average Bonchev–Trinajstić information content (AvgIpc) is 3.41. The Labute approximate surface area is 203 Å². The number of piperidine rings is 1. The molecule has 2 aromatic heterocycles. The minimum Gasteiger partial charge on any atom is -0.497 e. The van der Waals surface area contributed by atoms with Gasteiger partial charge in [0.25, 0.3) is 0 Å². The normalized spacial score (nSPS) is 14.0. The van der Waals surface area contributed by atoms with E-state index in [-0.39, 0.29) is 12.7 Å². The molecule has 3 heterocycles. The van der Waals surface area contributed by atoms with Gasteiger partial charge in [-0.3, -0.25) is 0 Å². The van der Waals surface area contributed by atoms with Crippen LogP contribution in [0.2, 0.25) is 0 Å². The van der Waals surface area contributed by atoms with Crippen LogP contribution in [0.5, 0.6) is 11.5 Å². The van der Waals surface area contributed by atoms with Crippen molar-refractivity contribution in [2.24, 2.45) is 5.92 Å². The summed E-state index contributed by atoms with van der Waals surface area (Å²) in [5.41, 5.74) is 4.31. The molecule has 34 heavy (non-hydrogen) atoms. The van der Waals surface area contributed by atoms with E-state index in [1.165, 1.54) is 11.3 Å². The second kappa shape index (κ2) is 11.7. The zero-order valence-corrected chi connectivity index (χ0v) is 20.3. The SMILES string of the molecule is COc1ccc(-c2cccc(N3CCC(CCNC(=O)OCc4cscn4)CC3)n2)c(OC)c1. The molecule has 4 rings (SSSR count). The summed E-state index contributed by atoms with van der Waals surface area (Å²) in [5.74, 6) is 3.03. The Morgan fingerprint density at radius 2 is 2.03 bits per heavy atom. The number of nitrogens with zero attached hydrogens (tertiary/aromatic N) is 3. The van der Waals surface area contributed by atoms with E-state index in [1.807, 2.05) is 35.7 Å². The number of anilines is 1. The van der Waals surface area contributed by atoms with Crippen molar-refractivity contribution < 1.29 is 19.0 Å². The van der Waals surface area contributed by atoms with Crippen molar-refractivity contribution in [3.8, 4) is 22.8 Å². The number of hydrogen-bond acceptors (Lipinski definition) is 8. The van der Waals surface area contributed by atoms with Crippen molar-refractivity contribution in [3.05, 3.63) is 53.0 Å². The Balaban J connectivity index is 1.25. The van der Waals surface area contributed by atoms with E-state index < -0.39 is 0 Å². The van der Waals surface area contributed by atoms with Crippen LogP contribution in [-0.2, 0) is 11.3 Å². The monoisotopic (exact) mass is 482 g/mol. The maximum absolute atomic E-state index is 11.9. The van der Waals surface area contributed by atoms with E-state index in [2.05, 4.69) is 21.3 Å². The number of hydrogen-bond donors (Lipinski definition) is 1. The lowest BCUT2D eigenvalue weighted by Gasteiger charge is -2.33. The second-order valence-electron chi connectivity index (χ2n) is 8.15. The molecule has 3 aromatic rings. The number of methoxy groups -OCH3 is 2. The van der Waals surface area contributed by atoms with Crippen LogP contribution in [0.15, 0.2) is 47.3 Å². The fraction of sp³-hybridized carbons (Fsp3) is 0.400. The number of aromatic nitrogens is 2. The number of nitrogens with one attached hydrogen (secondary N) is 1. The minimum absolute atomic E-state index is 0.211. The first-order valence-electron chi connectivity index (χ1n) is 11.4. The maximum Gasteiger partial charge on any atom is 0.407 e. The van der Waals surface area contributed by atoms with E-state index in [9.17, 15) is 4.79 Å². The Morgan fingerprint density at radius 3 is 2.76 bits per heavy atom. The van der Waals surface area contributed by atoms with Gasteiger partial charge in [0.1, 0.15) is 23.9 Å². The van der Waals surface area contributed by atoms with Crippen molar-refractivity contribution >= 4 is 23.2 Å². The molecule has 180 valence electrons. The Kier molecular flexibility index (Phi) is 8.19. The molecule has 1 aliphatic heterocycles. The van der Waals surface area contributed by atoms with Crippen molar-refractivity contribution in [3.63, 3.8) is 0 Å².